The van der Waals surface area contributed by atoms with E-state index in [1.165, 1.54) is 0 Å². The topological polar surface area (TPSA) is 46.3 Å². The first kappa shape index (κ1) is 12.8. The molecule has 0 aliphatic carbocycles. The molecule has 3 nitrogen and oxygen atoms in total. The van der Waals surface area contributed by atoms with Gasteiger partial charge in [0, 0.05) is 13.1 Å². The number of hydrogen-bond donors (Lipinski definition) is 1. The minimum atomic E-state index is -0.296. The third-order valence-electron chi connectivity index (χ3n) is 3.25. The van der Waals surface area contributed by atoms with E-state index in [0.29, 0.717) is 11.8 Å². The maximum Gasteiger partial charge on any atom is 0.239 e. The molecule has 1 fully saturated rings. The van der Waals surface area contributed by atoms with Crippen molar-refractivity contribution in [3.05, 3.63) is 0 Å². The van der Waals surface area contributed by atoms with Crippen molar-refractivity contribution < 1.29 is 4.79 Å². The molecule has 2 N–H and O–H groups in total. The van der Waals surface area contributed by atoms with E-state index in [2.05, 4.69) is 13.8 Å². The van der Waals surface area contributed by atoms with Gasteiger partial charge in [-0.3, -0.25) is 4.79 Å². The number of likely N-dealkylation sites (tertiary alicyclic amines) is 1. The Morgan fingerprint density at radius 3 is 2.47 bits per heavy atom. The normalized spacial score (nSPS) is 28.1. The van der Waals surface area contributed by atoms with Crippen LogP contribution in [0.15, 0.2) is 0 Å². The molecule has 3 atom stereocenters. The summed E-state index contributed by atoms with van der Waals surface area (Å²) in [5.41, 5.74) is 5.87. The third kappa shape index (κ3) is 3.38. The summed E-state index contributed by atoms with van der Waals surface area (Å²) in [6.45, 7) is 6.16. The predicted molar refractivity (Wildman–Crippen MR) is 65.9 cm³/mol. The van der Waals surface area contributed by atoms with Crippen molar-refractivity contribution in [2.24, 2.45) is 17.6 Å². The van der Waals surface area contributed by atoms with Gasteiger partial charge in [0.15, 0.2) is 0 Å². The van der Waals surface area contributed by atoms with Crippen LogP contribution < -0.4 is 5.73 Å². The maximum atomic E-state index is 11.9. The summed E-state index contributed by atoms with van der Waals surface area (Å²) in [5, 5.41) is 0. The Morgan fingerprint density at radius 2 is 2.00 bits per heavy atom. The highest BCUT2D eigenvalue weighted by Gasteiger charge is 2.31. The molecule has 0 saturated carbocycles. The second-order valence-corrected chi connectivity index (χ2v) is 5.57. The lowest BCUT2D eigenvalue weighted by atomic mass is 10.0. The highest BCUT2D eigenvalue weighted by molar-refractivity contribution is 7.98. The molecule has 1 heterocycles. The Bertz CT molecular complexity index is 213. The van der Waals surface area contributed by atoms with E-state index in [1.807, 2.05) is 11.2 Å². The van der Waals surface area contributed by atoms with Gasteiger partial charge in [0.25, 0.3) is 0 Å². The van der Waals surface area contributed by atoms with Gasteiger partial charge in [-0.2, -0.15) is 11.8 Å². The molecular formula is C11H22N2OS. The average molecular weight is 230 g/mol. The molecule has 0 bridgehead atoms. The fourth-order valence-corrected chi connectivity index (χ4v) is 2.40. The van der Waals surface area contributed by atoms with Crippen molar-refractivity contribution in [2.45, 2.75) is 26.3 Å². The van der Waals surface area contributed by atoms with Gasteiger partial charge in [0.2, 0.25) is 5.91 Å². The van der Waals surface area contributed by atoms with E-state index >= 15 is 0 Å². The first-order valence-corrected chi connectivity index (χ1v) is 6.99. The number of carbonyl (C=O) groups excluding carboxylic acids is 1. The number of thioether (sulfide) groups is 1. The van der Waals surface area contributed by atoms with E-state index in [4.69, 9.17) is 5.73 Å². The van der Waals surface area contributed by atoms with Crippen LogP contribution in [0.4, 0.5) is 0 Å². The minimum Gasteiger partial charge on any atom is -0.341 e. The zero-order chi connectivity index (χ0) is 11.4. The number of hydrogen-bond acceptors (Lipinski definition) is 3. The van der Waals surface area contributed by atoms with Gasteiger partial charge >= 0.3 is 0 Å². The molecule has 0 aromatic carbocycles. The lowest BCUT2D eigenvalue weighted by Gasteiger charge is -2.20. The molecule has 1 amide bonds. The van der Waals surface area contributed by atoms with Crippen LogP contribution >= 0.6 is 11.8 Å². The van der Waals surface area contributed by atoms with Gasteiger partial charge in [0.1, 0.15) is 0 Å². The SMILES string of the molecule is CSCC[C@@H](N)C(=O)N1CC(C)C(C)C1. The standard InChI is InChI=1S/C11H22N2OS/c1-8-6-13(7-9(8)2)11(14)10(12)4-5-15-3/h8-10H,4-7,12H2,1-3H3/t8?,9?,10-/m1/s1. The van der Waals surface area contributed by atoms with Crippen molar-refractivity contribution in [3.63, 3.8) is 0 Å². The Kier molecular flexibility index (Phi) is 4.93. The van der Waals surface area contributed by atoms with Crippen LogP contribution in [0.5, 0.6) is 0 Å². The molecule has 0 radical (unpaired) electrons. The first-order chi connectivity index (χ1) is 7.06. The molecular weight excluding hydrogens is 208 g/mol. The second kappa shape index (κ2) is 5.75. The molecule has 1 saturated heterocycles. The van der Waals surface area contributed by atoms with Crippen LogP contribution in [0.3, 0.4) is 0 Å². The number of carbonyl (C=O) groups is 1. The molecule has 1 aliphatic heterocycles. The number of rotatable bonds is 4. The van der Waals surface area contributed by atoms with Gasteiger partial charge in [-0.1, -0.05) is 13.8 Å². The Labute approximate surface area is 96.8 Å². The fraction of sp³-hybridized carbons (Fsp3) is 0.909. The first-order valence-electron chi connectivity index (χ1n) is 5.59. The lowest BCUT2D eigenvalue weighted by molar-refractivity contribution is -0.131. The van der Waals surface area contributed by atoms with Crippen molar-refractivity contribution in [2.75, 3.05) is 25.1 Å². The third-order valence-corrected chi connectivity index (χ3v) is 3.89. The number of nitrogens with two attached hydrogens (primary N) is 1. The zero-order valence-electron chi connectivity index (χ0n) is 9.90. The van der Waals surface area contributed by atoms with Crippen LogP contribution in [0.2, 0.25) is 0 Å². The number of nitrogens with zero attached hydrogens (tertiary/aromatic N) is 1. The van der Waals surface area contributed by atoms with Crippen molar-refractivity contribution >= 4 is 17.7 Å². The maximum absolute atomic E-state index is 11.9. The molecule has 15 heavy (non-hydrogen) atoms. The summed E-state index contributed by atoms with van der Waals surface area (Å²) in [5.74, 6) is 2.33. The molecule has 1 rings (SSSR count). The smallest absolute Gasteiger partial charge is 0.239 e. The van der Waals surface area contributed by atoms with Gasteiger partial charge in [-0.05, 0) is 30.3 Å². The van der Waals surface area contributed by atoms with Crippen LogP contribution in [0, 0.1) is 11.8 Å². The summed E-state index contributed by atoms with van der Waals surface area (Å²) in [4.78, 5) is 13.9. The average Bonchev–Trinajstić information content (AvgIpc) is 2.54. The summed E-state index contributed by atoms with van der Waals surface area (Å²) >= 11 is 1.74. The lowest BCUT2D eigenvalue weighted by Crippen LogP contribution is -2.43. The van der Waals surface area contributed by atoms with E-state index < -0.39 is 0 Å². The second-order valence-electron chi connectivity index (χ2n) is 4.59. The highest BCUT2D eigenvalue weighted by atomic mass is 32.2. The van der Waals surface area contributed by atoms with Crippen LogP contribution in [0.1, 0.15) is 20.3 Å². The Morgan fingerprint density at radius 1 is 1.47 bits per heavy atom. The van der Waals surface area contributed by atoms with E-state index in [0.717, 1.165) is 25.3 Å². The van der Waals surface area contributed by atoms with Crippen LogP contribution in [-0.4, -0.2) is 41.9 Å². The Balaban J connectivity index is 2.40. The minimum absolute atomic E-state index is 0.139. The van der Waals surface area contributed by atoms with E-state index in [-0.39, 0.29) is 11.9 Å². The number of amides is 1. The van der Waals surface area contributed by atoms with E-state index in [1.54, 1.807) is 11.8 Å². The van der Waals surface area contributed by atoms with Crippen molar-refractivity contribution in [1.29, 1.82) is 0 Å². The summed E-state index contributed by atoms with van der Waals surface area (Å²) in [7, 11) is 0. The summed E-state index contributed by atoms with van der Waals surface area (Å²) in [6.07, 6.45) is 2.83. The predicted octanol–water partition coefficient (Wildman–Crippen LogP) is 1.18. The molecule has 4 heteroatoms. The molecule has 0 aromatic heterocycles. The van der Waals surface area contributed by atoms with Crippen molar-refractivity contribution in [3.8, 4) is 0 Å². The monoisotopic (exact) mass is 230 g/mol. The van der Waals surface area contributed by atoms with Crippen molar-refractivity contribution in [1.82, 2.24) is 4.90 Å². The van der Waals surface area contributed by atoms with Crippen LogP contribution in [-0.2, 0) is 4.79 Å². The largest absolute Gasteiger partial charge is 0.341 e. The highest BCUT2D eigenvalue weighted by Crippen LogP contribution is 2.22. The zero-order valence-corrected chi connectivity index (χ0v) is 10.7. The molecule has 0 aromatic rings. The van der Waals surface area contributed by atoms with Gasteiger partial charge in [0.05, 0.1) is 6.04 Å². The summed E-state index contributed by atoms with van der Waals surface area (Å²) in [6, 6.07) is -0.296. The van der Waals surface area contributed by atoms with Crippen LogP contribution in [0.25, 0.3) is 0 Å². The quantitative estimate of drug-likeness (QED) is 0.789. The summed E-state index contributed by atoms with van der Waals surface area (Å²) < 4.78 is 0. The van der Waals surface area contributed by atoms with E-state index in [9.17, 15) is 4.79 Å². The molecule has 0 spiro atoms. The Hall–Kier alpha value is -0.220. The fourth-order valence-electron chi connectivity index (χ4n) is 1.91. The molecule has 1 aliphatic rings. The molecule has 88 valence electrons. The van der Waals surface area contributed by atoms with Gasteiger partial charge in [-0.25, -0.2) is 0 Å². The van der Waals surface area contributed by atoms with Gasteiger partial charge < -0.3 is 10.6 Å². The van der Waals surface area contributed by atoms with Gasteiger partial charge in [-0.15, -0.1) is 0 Å². The molecule has 2 unspecified atom stereocenters.